The lowest BCUT2D eigenvalue weighted by Gasteiger charge is -2.20. The average Bonchev–Trinajstić information content (AvgIpc) is 2.04. The molecule has 0 saturated heterocycles. The molecule has 0 aliphatic heterocycles. The molecule has 0 heterocycles. The van der Waals surface area contributed by atoms with Crippen molar-refractivity contribution in [3.63, 3.8) is 0 Å². The van der Waals surface area contributed by atoms with E-state index in [1.54, 1.807) is 0 Å². The van der Waals surface area contributed by atoms with E-state index < -0.39 is 17.7 Å². The van der Waals surface area contributed by atoms with E-state index in [-0.39, 0.29) is 5.56 Å². The second kappa shape index (κ2) is 3.40. The van der Waals surface area contributed by atoms with Gasteiger partial charge in [0.25, 0.3) is 5.92 Å². The Morgan fingerprint density at radius 2 is 1.54 bits per heavy atom. The van der Waals surface area contributed by atoms with Gasteiger partial charge in [-0.05, 0) is 12.1 Å². The third-order valence-electron chi connectivity index (χ3n) is 1.95. The van der Waals surface area contributed by atoms with Crippen molar-refractivity contribution in [1.82, 2.24) is 0 Å². The van der Waals surface area contributed by atoms with Gasteiger partial charge < -0.3 is 0 Å². The highest BCUT2D eigenvalue weighted by atomic mass is 19.3. The van der Waals surface area contributed by atoms with Crippen LogP contribution in [0.2, 0.25) is 0 Å². The molecule has 0 fully saturated rings. The number of halogens is 3. The maximum atomic E-state index is 13.3. The normalized spacial score (nSPS) is 12.2. The Kier molecular flexibility index (Phi) is 2.64. The zero-order chi connectivity index (χ0) is 10.1. The molecule has 13 heavy (non-hydrogen) atoms. The van der Waals surface area contributed by atoms with Gasteiger partial charge in [-0.3, -0.25) is 0 Å². The van der Waals surface area contributed by atoms with Crippen LogP contribution < -0.4 is 0 Å². The van der Waals surface area contributed by atoms with Gasteiger partial charge in [0.15, 0.2) is 0 Å². The smallest absolute Gasteiger partial charge is 0.207 e. The van der Waals surface area contributed by atoms with Crippen LogP contribution in [0.3, 0.4) is 0 Å². The average molecular weight is 188 g/mol. The van der Waals surface area contributed by atoms with Gasteiger partial charge in [-0.1, -0.05) is 26.0 Å². The highest BCUT2D eigenvalue weighted by Gasteiger charge is 2.35. The fourth-order valence-electron chi connectivity index (χ4n) is 1.01. The van der Waals surface area contributed by atoms with Gasteiger partial charge in [0.2, 0.25) is 0 Å². The molecule has 0 nitrogen and oxygen atoms in total. The van der Waals surface area contributed by atoms with Crippen LogP contribution in [-0.4, -0.2) is 0 Å². The van der Waals surface area contributed by atoms with Gasteiger partial charge in [-0.15, -0.1) is 0 Å². The third-order valence-corrected chi connectivity index (χ3v) is 1.95. The molecular formula is C10H11F3. The van der Waals surface area contributed by atoms with Crippen LogP contribution in [0, 0.1) is 11.7 Å². The zero-order valence-corrected chi connectivity index (χ0v) is 7.52. The fourth-order valence-corrected chi connectivity index (χ4v) is 1.01. The maximum Gasteiger partial charge on any atom is 0.275 e. The molecule has 3 heteroatoms. The molecule has 0 atom stereocenters. The lowest BCUT2D eigenvalue weighted by Crippen LogP contribution is -2.20. The number of hydrogen-bond acceptors (Lipinski definition) is 0. The van der Waals surface area contributed by atoms with Crippen molar-refractivity contribution in [2.75, 3.05) is 0 Å². The molecule has 1 aromatic carbocycles. The molecule has 1 rings (SSSR count). The van der Waals surface area contributed by atoms with Crippen LogP contribution in [0.1, 0.15) is 19.4 Å². The first-order valence-corrected chi connectivity index (χ1v) is 4.08. The molecule has 72 valence electrons. The molecule has 1 aromatic rings. The number of hydrogen-bond donors (Lipinski definition) is 0. The van der Waals surface area contributed by atoms with Crippen molar-refractivity contribution in [1.29, 1.82) is 0 Å². The first-order chi connectivity index (χ1) is 5.94. The Hall–Kier alpha value is -0.990. The maximum absolute atomic E-state index is 13.3. The summed E-state index contributed by atoms with van der Waals surface area (Å²) in [7, 11) is 0. The summed E-state index contributed by atoms with van der Waals surface area (Å²) in [6.45, 7) is 2.87. The predicted octanol–water partition coefficient (Wildman–Crippen LogP) is 3.57. The predicted molar refractivity (Wildman–Crippen MR) is 45.1 cm³/mol. The Bertz CT molecular complexity index is 275. The standard InChI is InChI=1S/C10H11F3/c1-7(2)10(12,13)8-3-5-9(11)6-4-8/h3-7H,1-2H3. The SMILES string of the molecule is CC(C)C(F)(F)c1ccc(F)cc1. The minimum atomic E-state index is -2.88. The van der Waals surface area contributed by atoms with Gasteiger partial charge >= 0.3 is 0 Å². The Labute approximate surface area is 75.4 Å². The quantitative estimate of drug-likeness (QED) is 0.665. The van der Waals surface area contributed by atoms with E-state index in [2.05, 4.69) is 0 Å². The minimum Gasteiger partial charge on any atom is -0.207 e. The molecule has 0 aromatic heterocycles. The molecule has 0 bridgehead atoms. The summed E-state index contributed by atoms with van der Waals surface area (Å²) in [5.74, 6) is -4.16. The van der Waals surface area contributed by atoms with Gasteiger partial charge in [0.1, 0.15) is 5.82 Å². The number of rotatable bonds is 2. The molecule has 0 saturated carbocycles. The molecule has 0 spiro atoms. The lowest BCUT2D eigenvalue weighted by atomic mass is 9.98. The second-order valence-electron chi connectivity index (χ2n) is 3.28. The highest BCUT2D eigenvalue weighted by Crippen LogP contribution is 2.35. The van der Waals surface area contributed by atoms with Gasteiger partial charge in [0.05, 0.1) is 0 Å². The summed E-state index contributed by atoms with van der Waals surface area (Å²) in [5.41, 5.74) is -0.135. The van der Waals surface area contributed by atoms with E-state index in [1.807, 2.05) is 0 Å². The lowest BCUT2D eigenvalue weighted by molar-refractivity contribution is -0.0514. The van der Waals surface area contributed by atoms with E-state index in [0.29, 0.717) is 0 Å². The van der Waals surface area contributed by atoms with E-state index in [1.165, 1.54) is 13.8 Å². The van der Waals surface area contributed by atoms with Crippen molar-refractivity contribution in [3.8, 4) is 0 Å². The van der Waals surface area contributed by atoms with Crippen molar-refractivity contribution in [3.05, 3.63) is 35.6 Å². The Balaban J connectivity index is 3.01. The summed E-state index contributed by atoms with van der Waals surface area (Å²) in [5, 5.41) is 0. The van der Waals surface area contributed by atoms with E-state index in [9.17, 15) is 13.2 Å². The molecular weight excluding hydrogens is 177 g/mol. The van der Waals surface area contributed by atoms with Crippen LogP contribution in [0.4, 0.5) is 13.2 Å². The Morgan fingerprint density at radius 3 is 1.92 bits per heavy atom. The zero-order valence-electron chi connectivity index (χ0n) is 7.52. The molecule has 0 aliphatic carbocycles. The first-order valence-electron chi connectivity index (χ1n) is 4.08. The van der Waals surface area contributed by atoms with Gasteiger partial charge in [-0.2, -0.15) is 0 Å². The summed E-state index contributed by atoms with van der Waals surface area (Å²) < 4.78 is 39.0. The molecule has 0 unspecified atom stereocenters. The summed E-state index contributed by atoms with van der Waals surface area (Å²) >= 11 is 0. The van der Waals surface area contributed by atoms with Crippen LogP contribution >= 0.6 is 0 Å². The van der Waals surface area contributed by atoms with Crippen LogP contribution in [0.25, 0.3) is 0 Å². The van der Waals surface area contributed by atoms with Crippen molar-refractivity contribution in [2.45, 2.75) is 19.8 Å². The highest BCUT2D eigenvalue weighted by molar-refractivity contribution is 5.21. The van der Waals surface area contributed by atoms with Gasteiger partial charge in [-0.25, -0.2) is 13.2 Å². The van der Waals surface area contributed by atoms with E-state index in [4.69, 9.17) is 0 Å². The van der Waals surface area contributed by atoms with Crippen LogP contribution in [0.5, 0.6) is 0 Å². The molecule has 0 aliphatic rings. The number of alkyl halides is 2. The summed E-state index contributed by atoms with van der Waals surface area (Å²) in [6, 6.07) is 4.34. The van der Waals surface area contributed by atoms with Crippen molar-refractivity contribution >= 4 is 0 Å². The largest absolute Gasteiger partial charge is 0.275 e. The minimum absolute atomic E-state index is 0.135. The summed E-state index contributed by atoms with van der Waals surface area (Å²) in [4.78, 5) is 0. The molecule has 0 amide bonds. The second-order valence-corrected chi connectivity index (χ2v) is 3.28. The molecule has 0 radical (unpaired) electrons. The number of benzene rings is 1. The molecule has 0 N–H and O–H groups in total. The van der Waals surface area contributed by atoms with Crippen LogP contribution in [-0.2, 0) is 5.92 Å². The Morgan fingerprint density at radius 1 is 1.08 bits per heavy atom. The van der Waals surface area contributed by atoms with Crippen LogP contribution in [0.15, 0.2) is 24.3 Å². The first kappa shape index (κ1) is 10.1. The summed E-state index contributed by atoms with van der Waals surface area (Å²) in [6.07, 6.45) is 0. The van der Waals surface area contributed by atoms with Crippen molar-refractivity contribution in [2.24, 2.45) is 5.92 Å². The fraction of sp³-hybridized carbons (Fsp3) is 0.400. The topological polar surface area (TPSA) is 0 Å². The van der Waals surface area contributed by atoms with Crippen molar-refractivity contribution < 1.29 is 13.2 Å². The monoisotopic (exact) mass is 188 g/mol. The van der Waals surface area contributed by atoms with E-state index in [0.717, 1.165) is 24.3 Å². The third kappa shape index (κ3) is 2.02. The van der Waals surface area contributed by atoms with Gasteiger partial charge in [0, 0.05) is 11.5 Å². The van der Waals surface area contributed by atoms with E-state index >= 15 is 0 Å².